The van der Waals surface area contributed by atoms with Gasteiger partial charge in [-0.25, -0.2) is 9.37 Å². The summed E-state index contributed by atoms with van der Waals surface area (Å²) in [4.78, 5) is 18.5. The SMILES string of the molecule is O=C(O)C[C@H](CN1CC[C@@](F)(CCc2ccc3c(n2)NCCC3)C1)c1cccc(C2CCOC2)c1. The van der Waals surface area contributed by atoms with E-state index in [0.29, 0.717) is 44.8 Å². The molecule has 2 fully saturated rings. The summed E-state index contributed by atoms with van der Waals surface area (Å²) in [7, 11) is 0. The fourth-order valence-electron chi connectivity index (χ4n) is 5.81. The van der Waals surface area contributed by atoms with E-state index in [4.69, 9.17) is 9.72 Å². The Morgan fingerprint density at radius 1 is 1.34 bits per heavy atom. The average molecular weight is 482 g/mol. The number of aliphatic carboxylic acids is 1. The molecule has 0 bridgehead atoms. The van der Waals surface area contributed by atoms with E-state index in [1.165, 1.54) is 11.1 Å². The quantitative estimate of drug-likeness (QED) is 0.548. The van der Waals surface area contributed by atoms with Crippen molar-refractivity contribution in [2.24, 2.45) is 0 Å². The van der Waals surface area contributed by atoms with Crippen LogP contribution in [0.5, 0.6) is 0 Å². The summed E-state index contributed by atoms with van der Waals surface area (Å²) in [6.45, 7) is 4.00. The minimum absolute atomic E-state index is 0.0481. The van der Waals surface area contributed by atoms with Crippen molar-refractivity contribution in [1.82, 2.24) is 9.88 Å². The molecule has 0 radical (unpaired) electrons. The third-order valence-corrected chi connectivity index (χ3v) is 7.85. The monoisotopic (exact) mass is 481 g/mol. The van der Waals surface area contributed by atoms with Crippen molar-refractivity contribution in [1.29, 1.82) is 0 Å². The number of benzene rings is 1. The van der Waals surface area contributed by atoms with Gasteiger partial charge in [0.25, 0.3) is 0 Å². The van der Waals surface area contributed by atoms with Gasteiger partial charge in [0.15, 0.2) is 0 Å². The molecule has 0 saturated carbocycles. The molecule has 7 heteroatoms. The van der Waals surface area contributed by atoms with E-state index >= 15 is 4.39 Å². The van der Waals surface area contributed by atoms with Gasteiger partial charge in [0, 0.05) is 50.3 Å². The number of carboxylic acids is 1. The maximum Gasteiger partial charge on any atom is 0.304 e. The van der Waals surface area contributed by atoms with Gasteiger partial charge in [-0.15, -0.1) is 0 Å². The number of halogens is 1. The van der Waals surface area contributed by atoms with Crippen LogP contribution in [-0.4, -0.2) is 66.0 Å². The molecule has 2 saturated heterocycles. The molecule has 35 heavy (non-hydrogen) atoms. The van der Waals surface area contributed by atoms with Crippen molar-refractivity contribution in [3.05, 3.63) is 58.8 Å². The topological polar surface area (TPSA) is 74.7 Å². The lowest BCUT2D eigenvalue weighted by atomic mass is 9.90. The maximum absolute atomic E-state index is 15.8. The summed E-state index contributed by atoms with van der Waals surface area (Å²) in [5.41, 5.74) is 3.16. The lowest BCUT2D eigenvalue weighted by molar-refractivity contribution is -0.137. The molecule has 3 aliphatic heterocycles. The van der Waals surface area contributed by atoms with Gasteiger partial charge in [-0.1, -0.05) is 30.3 Å². The summed E-state index contributed by atoms with van der Waals surface area (Å²) >= 11 is 0. The molecule has 3 aliphatic rings. The molecule has 5 rings (SSSR count). The van der Waals surface area contributed by atoms with Crippen LogP contribution in [0.15, 0.2) is 36.4 Å². The lowest BCUT2D eigenvalue weighted by Crippen LogP contribution is -2.33. The van der Waals surface area contributed by atoms with E-state index in [0.717, 1.165) is 56.1 Å². The van der Waals surface area contributed by atoms with Gasteiger partial charge in [0.05, 0.1) is 13.0 Å². The van der Waals surface area contributed by atoms with Gasteiger partial charge in [-0.3, -0.25) is 9.69 Å². The van der Waals surface area contributed by atoms with Crippen LogP contribution in [0.4, 0.5) is 10.2 Å². The van der Waals surface area contributed by atoms with Gasteiger partial charge in [0.1, 0.15) is 11.5 Å². The van der Waals surface area contributed by atoms with E-state index in [9.17, 15) is 9.90 Å². The zero-order valence-electron chi connectivity index (χ0n) is 20.3. The molecule has 1 aromatic heterocycles. The number of hydrogen-bond donors (Lipinski definition) is 2. The summed E-state index contributed by atoms with van der Waals surface area (Å²) in [5, 5.41) is 12.9. The number of nitrogens with zero attached hydrogens (tertiary/aromatic N) is 2. The number of pyridine rings is 1. The van der Waals surface area contributed by atoms with Gasteiger partial charge in [-0.2, -0.15) is 0 Å². The Morgan fingerprint density at radius 3 is 3.09 bits per heavy atom. The smallest absolute Gasteiger partial charge is 0.304 e. The standard InChI is InChI=1S/C28H36FN3O3/c29-28(10-8-25-7-6-20-5-2-12-30-27(20)31-25)11-13-32(19-28)17-24(16-26(33)34)22-4-1-3-21(15-22)23-9-14-35-18-23/h1,3-4,6-7,15,23-24H,2,5,8-14,16-19H2,(H,30,31)(H,33,34)/t23?,24-,28+/m1/s1. The van der Waals surface area contributed by atoms with Crippen molar-refractivity contribution < 1.29 is 19.0 Å². The highest BCUT2D eigenvalue weighted by Gasteiger charge is 2.39. The first kappa shape index (κ1) is 24.2. The number of nitrogens with one attached hydrogen (secondary N) is 1. The highest BCUT2D eigenvalue weighted by atomic mass is 19.1. The Balaban J connectivity index is 1.21. The number of rotatable bonds is 9. The zero-order valence-corrected chi connectivity index (χ0v) is 20.3. The fourth-order valence-corrected chi connectivity index (χ4v) is 5.81. The van der Waals surface area contributed by atoms with Crippen LogP contribution in [0.3, 0.4) is 0 Å². The average Bonchev–Trinajstić information content (AvgIpc) is 3.53. The van der Waals surface area contributed by atoms with E-state index in [1.54, 1.807) is 0 Å². The summed E-state index contributed by atoms with van der Waals surface area (Å²) in [6.07, 6.45) is 4.76. The molecule has 6 nitrogen and oxygen atoms in total. The zero-order chi connectivity index (χ0) is 24.3. The number of alkyl halides is 1. The highest BCUT2D eigenvalue weighted by molar-refractivity contribution is 5.68. The number of aromatic nitrogens is 1. The lowest BCUT2D eigenvalue weighted by Gasteiger charge is -2.25. The molecule has 2 aromatic rings. The molecule has 0 amide bonds. The number of aryl methyl sites for hydroxylation is 2. The van der Waals surface area contributed by atoms with Crippen LogP contribution in [0.1, 0.15) is 66.3 Å². The number of carbonyl (C=O) groups is 1. The summed E-state index contributed by atoms with van der Waals surface area (Å²) < 4.78 is 21.3. The maximum atomic E-state index is 15.8. The largest absolute Gasteiger partial charge is 0.481 e. The Hall–Kier alpha value is -2.51. The molecule has 0 spiro atoms. The predicted octanol–water partition coefficient (Wildman–Crippen LogP) is 4.55. The first-order valence-corrected chi connectivity index (χ1v) is 13.0. The molecule has 1 unspecified atom stereocenters. The van der Waals surface area contributed by atoms with Crippen LogP contribution < -0.4 is 5.32 Å². The van der Waals surface area contributed by atoms with Crippen molar-refractivity contribution in [3.63, 3.8) is 0 Å². The summed E-state index contributed by atoms with van der Waals surface area (Å²) in [5.74, 6) is 0.351. The minimum atomic E-state index is -1.26. The van der Waals surface area contributed by atoms with Gasteiger partial charge in [-0.05, 0) is 61.3 Å². The number of anilines is 1. The minimum Gasteiger partial charge on any atom is -0.481 e. The van der Waals surface area contributed by atoms with E-state index < -0.39 is 11.6 Å². The van der Waals surface area contributed by atoms with E-state index in [2.05, 4.69) is 28.4 Å². The number of fused-ring (bicyclic) bond motifs is 1. The van der Waals surface area contributed by atoms with Crippen molar-refractivity contribution in [3.8, 4) is 0 Å². The van der Waals surface area contributed by atoms with Crippen molar-refractivity contribution in [2.75, 3.05) is 44.7 Å². The number of likely N-dealkylation sites (tertiary alicyclic amines) is 1. The third kappa shape index (κ3) is 6.01. The first-order valence-electron chi connectivity index (χ1n) is 13.0. The predicted molar refractivity (Wildman–Crippen MR) is 134 cm³/mol. The number of hydrogen-bond acceptors (Lipinski definition) is 5. The van der Waals surface area contributed by atoms with Gasteiger partial charge >= 0.3 is 5.97 Å². The Morgan fingerprint density at radius 2 is 2.26 bits per heavy atom. The van der Waals surface area contributed by atoms with Crippen LogP contribution in [0.2, 0.25) is 0 Å². The van der Waals surface area contributed by atoms with E-state index in [1.807, 2.05) is 18.2 Å². The van der Waals surface area contributed by atoms with E-state index in [-0.39, 0.29) is 12.3 Å². The fraction of sp³-hybridized carbons (Fsp3) is 0.571. The van der Waals surface area contributed by atoms with Crippen molar-refractivity contribution >= 4 is 11.8 Å². The molecule has 188 valence electrons. The Labute approximate surface area is 206 Å². The second-order valence-corrected chi connectivity index (χ2v) is 10.5. The third-order valence-electron chi connectivity index (χ3n) is 7.85. The molecule has 0 aliphatic carbocycles. The Kier molecular flexibility index (Phi) is 7.35. The molecule has 2 N–H and O–H groups in total. The second-order valence-electron chi connectivity index (χ2n) is 10.5. The van der Waals surface area contributed by atoms with Gasteiger partial charge < -0.3 is 15.2 Å². The number of ether oxygens (including phenoxy) is 1. The molecule has 4 heterocycles. The molecular weight excluding hydrogens is 445 g/mol. The summed E-state index contributed by atoms with van der Waals surface area (Å²) in [6, 6.07) is 12.4. The Bertz CT molecular complexity index is 1040. The van der Waals surface area contributed by atoms with Crippen LogP contribution in [0, 0.1) is 0 Å². The van der Waals surface area contributed by atoms with Crippen molar-refractivity contribution in [2.45, 2.75) is 62.5 Å². The number of carboxylic acid groups (broad SMARTS) is 1. The normalized spacial score (nSPS) is 25.2. The van der Waals surface area contributed by atoms with Crippen LogP contribution in [-0.2, 0) is 22.4 Å². The first-order chi connectivity index (χ1) is 17.0. The molecule has 1 aromatic carbocycles. The molecule has 3 atom stereocenters. The second kappa shape index (κ2) is 10.6. The molecular formula is C28H36FN3O3. The van der Waals surface area contributed by atoms with Gasteiger partial charge in [0.2, 0.25) is 0 Å². The van der Waals surface area contributed by atoms with Crippen LogP contribution >= 0.6 is 0 Å². The van der Waals surface area contributed by atoms with Crippen LogP contribution in [0.25, 0.3) is 0 Å². The highest BCUT2D eigenvalue weighted by Crippen LogP contribution is 2.34.